The van der Waals surface area contributed by atoms with Crippen molar-refractivity contribution in [2.45, 2.75) is 25.6 Å². The molecule has 0 fully saturated rings. The number of pyridine rings is 1. The maximum Gasteiger partial charge on any atom is 0.389 e. The maximum absolute atomic E-state index is 12.4. The van der Waals surface area contributed by atoms with Crippen molar-refractivity contribution in [1.82, 2.24) is 4.98 Å². The number of carbonyl (C=O) groups is 1. The van der Waals surface area contributed by atoms with E-state index in [0.717, 1.165) is 5.56 Å². The number of hydrogen-bond donors (Lipinski definition) is 1. The van der Waals surface area contributed by atoms with Crippen LogP contribution in [0, 0.1) is 0 Å². The molecule has 1 aromatic heterocycles. The number of halogens is 3. The van der Waals surface area contributed by atoms with E-state index in [1.165, 1.54) is 4.90 Å². The third-order valence-corrected chi connectivity index (χ3v) is 3.68. The molecule has 0 atom stereocenters. The molecule has 0 aliphatic carbocycles. The molecule has 23 heavy (non-hydrogen) atoms. The fourth-order valence-corrected chi connectivity index (χ4v) is 2.53. The summed E-state index contributed by atoms with van der Waals surface area (Å²) in [7, 11) is 0. The molecule has 1 aliphatic rings. The van der Waals surface area contributed by atoms with Gasteiger partial charge in [0.2, 0.25) is 6.41 Å². The van der Waals surface area contributed by atoms with Gasteiger partial charge in [-0.3, -0.25) is 4.79 Å². The van der Waals surface area contributed by atoms with E-state index in [-0.39, 0.29) is 6.42 Å². The van der Waals surface area contributed by atoms with Gasteiger partial charge in [-0.05, 0) is 30.2 Å². The summed E-state index contributed by atoms with van der Waals surface area (Å²) in [4.78, 5) is 17.1. The summed E-state index contributed by atoms with van der Waals surface area (Å²) in [6.45, 7) is 0.315. The summed E-state index contributed by atoms with van der Waals surface area (Å²) in [6, 6.07) is 8.56. The van der Waals surface area contributed by atoms with Gasteiger partial charge in [0.05, 0.1) is 17.9 Å². The SMILES string of the molecule is O=CN1Cc2cccnc2Nc2ccc(CCC(F)(F)F)cc21. The second kappa shape index (κ2) is 5.91. The van der Waals surface area contributed by atoms with Crippen LogP contribution in [0.2, 0.25) is 0 Å². The Bertz CT molecular complexity index is 731. The van der Waals surface area contributed by atoms with Gasteiger partial charge in [-0.25, -0.2) is 4.98 Å². The molecule has 0 bridgehead atoms. The largest absolute Gasteiger partial charge is 0.389 e. The predicted octanol–water partition coefficient (Wildman–Crippen LogP) is 3.80. The smallest absolute Gasteiger partial charge is 0.338 e. The second-order valence-corrected chi connectivity index (χ2v) is 5.34. The quantitative estimate of drug-likeness (QED) is 0.875. The van der Waals surface area contributed by atoms with E-state index in [9.17, 15) is 18.0 Å². The first-order valence-electron chi connectivity index (χ1n) is 7.09. The monoisotopic (exact) mass is 321 g/mol. The molecule has 0 saturated heterocycles. The van der Waals surface area contributed by atoms with E-state index in [1.807, 2.05) is 6.07 Å². The van der Waals surface area contributed by atoms with Gasteiger partial charge in [0.15, 0.2) is 0 Å². The Balaban J connectivity index is 1.93. The zero-order chi connectivity index (χ0) is 16.4. The molecule has 0 spiro atoms. The van der Waals surface area contributed by atoms with E-state index in [1.54, 1.807) is 30.5 Å². The average molecular weight is 321 g/mol. The van der Waals surface area contributed by atoms with Crippen LogP contribution < -0.4 is 10.2 Å². The standard InChI is InChI=1S/C16H14F3N3O/c17-16(18,19)6-5-11-3-4-13-14(8-11)22(10-23)9-12-2-1-7-20-15(12)21-13/h1-4,7-8,10H,5-6,9H2,(H,20,21). The number of nitrogens with one attached hydrogen (secondary N) is 1. The van der Waals surface area contributed by atoms with Crippen LogP contribution in [0.3, 0.4) is 0 Å². The van der Waals surface area contributed by atoms with Crippen molar-refractivity contribution in [3.8, 4) is 0 Å². The highest BCUT2D eigenvalue weighted by Crippen LogP contribution is 2.35. The number of anilines is 3. The van der Waals surface area contributed by atoms with Crippen LogP contribution in [-0.2, 0) is 17.8 Å². The number of amides is 1. The molecule has 1 N–H and O–H groups in total. The van der Waals surface area contributed by atoms with Gasteiger partial charge in [0.1, 0.15) is 5.82 Å². The van der Waals surface area contributed by atoms with Crippen LogP contribution >= 0.6 is 0 Å². The number of carbonyl (C=O) groups excluding carboxylic acids is 1. The number of nitrogens with zero attached hydrogens (tertiary/aromatic N) is 2. The van der Waals surface area contributed by atoms with Crippen molar-refractivity contribution in [3.63, 3.8) is 0 Å². The summed E-state index contributed by atoms with van der Waals surface area (Å²) in [5.41, 5.74) is 2.57. The van der Waals surface area contributed by atoms with Crippen molar-refractivity contribution in [3.05, 3.63) is 47.7 Å². The lowest BCUT2D eigenvalue weighted by Gasteiger charge is -2.18. The van der Waals surface area contributed by atoms with Gasteiger partial charge < -0.3 is 10.2 Å². The average Bonchev–Trinajstić information content (AvgIpc) is 2.68. The molecular formula is C16H14F3N3O. The molecule has 2 aromatic rings. The minimum absolute atomic E-state index is 0.116. The molecule has 3 rings (SSSR count). The Hall–Kier alpha value is -2.57. The third-order valence-electron chi connectivity index (χ3n) is 3.68. The van der Waals surface area contributed by atoms with Crippen molar-refractivity contribution in [2.24, 2.45) is 0 Å². The number of aryl methyl sites for hydroxylation is 1. The number of hydrogen-bond acceptors (Lipinski definition) is 3. The summed E-state index contributed by atoms with van der Waals surface area (Å²) in [5, 5.41) is 3.13. The number of fused-ring (bicyclic) bond motifs is 2. The molecule has 1 amide bonds. The van der Waals surface area contributed by atoms with Gasteiger partial charge in [-0.15, -0.1) is 0 Å². The first kappa shape index (κ1) is 15.3. The number of benzene rings is 1. The fraction of sp³-hybridized carbons (Fsp3) is 0.250. The Labute approximate surface area is 130 Å². The van der Waals surface area contributed by atoms with Crippen LogP contribution in [0.1, 0.15) is 17.5 Å². The minimum atomic E-state index is -4.20. The van der Waals surface area contributed by atoms with Crippen LogP contribution in [0.15, 0.2) is 36.5 Å². The molecule has 0 unspecified atom stereocenters. The highest BCUT2D eigenvalue weighted by molar-refractivity contribution is 5.87. The predicted molar refractivity (Wildman–Crippen MR) is 80.6 cm³/mol. The Morgan fingerprint density at radius 2 is 2.13 bits per heavy atom. The number of rotatable bonds is 3. The van der Waals surface area contributed by atoms with Crippen LogP contribution in [0.4, 0.5) is 30.4 Å². The van der Waals surface area contributed by atoms with Gasteiger partial charge in [-0.2, -0.15) is 13.2 Å². The highest BCUT2D eigenvalue weighted by Gasteiger charge is 2.27. The van der Waals surface area contributed by atoms with Crippen LogP contribution in [0.25, 0.3) is 0 Å². The summed E-state index contributed by atoms with van der Waals surface area (Å²) < 4.78 is 37.1. The molecule has 0 saturated carbocycles. The fourth-order valence-electron chi connectivity index (χ4n) is 2.53. The molecular weight excluding hydrogens is 307 g/mol. The van der Waals surface area contributed by atoms with E-state index in [2.05, 4.69) is 10.3 Å². The molecule has 2 heterocycles. The van der Waals surface area contributed by atoms with E-state index >= 15 is 0 Å². The Morgan fingerprint density at radius 3 is 2.87 bits per heavy atom. The maximum atomic E-state index is 12.4. The van der Waals surface area contributed by atoms with Crippen molar-refractivity contribution in [1.29, 1.82) is 0 Å². The molecule has 7 heteroatoms. The van der Waals surface area contributed by atoms with E-state index in [0.29, 0.717) is 35.7 Å². The van der Waals surface area contributed by atoms with Gasteiger partial charge in [-0.1, -0.05) is 12.1 Å². The lowest BCUT2D eigenvalue weighted by molar-refractivity contribution is -0.134. The zero-order valence-electron chi connectivity index (χ0n) is 12.1. The van der Waals surface area contributed by atoms with E-state index < -0.39 is 12.6 Å². The van der Waals surface area contributed by atoms with Crippen molar-refractivity contribution < 1.29 is 18.0 Å². The number of aromatic nitrogens is 1. The Kier molecular flexibility index (Phi) is 3.94. The lowest BCUT2D eigenvalue weighted by Crippen LogP contribution is -2.19. The molecule has 1 aliphatic heterocycles. The topological polar surface area (TPSA) is 45.2 Å². The first-order valence-corrected chi connectivity index (χ1v) is 7.09. The van der Waals surface area contributed by atoms with Gasteiger partial charge in [0, 0.05) is 18.2 Å². The third kappa shape index (κ3) is 3.44. The van der Waals surface area contributed by atoms with Gasteiger partial charge in [0.25, 0.3) is 0 Å². The molecule has 1 aromatic carbocycles. The second-order valence-electron chi connectivity index (χ2n) is 5.34. The van der Waals surface area contributed by atoms with Gasteiger partial charge >= 0.3 is 6.18 Å². The summed E-state index contributed by atoms with van der Waals surface area (Å²) >= 11 is 0. The van der Waals surface area contributed by atoms with Crippen molar-refractivity contribution >= 4 is 23.6 Å². The summed E-state index contributed by atoms with van der Waals surface area (Å²) in [5.74, 6) is 0.640. The highest BCUT2D eigenvalue weighted by atomic mass is 19.4. The lowest BCUT2D eigenvalue weighted by atomic mass is 10.1. The minimum Gasteiger partial charge on any atom is -0.338 e. The van der Waals surface area contributed by atoms with E-state index in [4.69, 9.17) is 0 Å². The van der Waals surface area contributed by atoms with Crippen LogP contribution in [-0.4, -0.2) is 17.6 Å². The van der Waals surface area contributed by atoms with Crippen molar-refractivity contribution in [2.75, 3.05) is 10.2 Å². The normalized spacial score (nSPS) is 13.6. The van der Waals surface area contributed by atoms with Crippen LogP contribution in [0.5, 0.6) is 0 Å². The molecule has 4 nitrogen and oxygen atoms in total. The molecule has 0 radical (unpaired) electrons. The molecule has 120 valence electrons. The Morgan fingerprint density at radius 1 is 1.30 bits per heavy atom. The first-order chi connectivity index (χ1) is 11.0. The summed E-state index contributed by atoms with van der Waals surface area (Å²) in [6.07, 6.45) is -2.89. The number of alkyl halides is 3. The zero-order valence-corrected chi connectivity index (χ0v) is 12.1.